The minimum Gasteiger partial charge on any atom is -0.405 e. The Morgan fingerprint density at radius 2 is 2.11 bits per heavy atom. The first-order valence-electron chi connectivity index (χ1n) is 8.50. The monoisotopic (exact) mass is 396 g/mol. The Balaban J connectivity index is 1.93. The van der Waals surface area contributed by atoms with Gasteiger partial charge in [-0.15, -0.1) is 13.2 Å². The summed E-state index contributed by atoms with van der Waals surface area (Å²) in [5, 5.41) is 3.03. The maximum absolute atomic E-state index is 12.6. The number of aromatic nitrogens is 4. The van der Waals surface area contributed by atoms with E-state index < -0.39 is 12.1 Å². The first-order valence-corrected chi connectivity index (χ1v) is 8.50. The van der Waals surface area contributed by atoms with Crippen LogP contribution in [0.1, 0.15) is 12.5 Å². The molecular weight excluding hydrogens is 377 g/mol. The number of hydrogen-bond acceptors (Lipinski definition) is 6. The van der Waals surface area contributed by atoms with Gasteiger partial charge in [-0.3, -0.25) is 4.57 Å². The smallest absolute Gasteiger partial charge is 0.405 e. The highest BCUT2D eigenvalue weighted by molar-refractivity contribution is 5.71. The standard InChI is InChI=1S/C17H19F3N6O2/c1-10(6-21)7-22-15-23-8-12-14(25-15)26(16(27)24-12)9-11-4-2-3-5-13(11)28-17(18,19)20/h2-5,8,10H,6-7,9,21H2,1H3,(H,24,27)(H,22,23,25). The Morgan fingerprint density at radius 3 is 2.82 bits per heavy atom. The van der Waals surface area contributed by atoms with Crippen LogP contribution >= 0.6 is 0 Å². The molecule has 2 heterocycles. The quantitative estimate of drug-likeness (QED) is 0.564. The van der Waals surface area contributed by atoms with E-state index in [9.17, 15) is 18.0 Å². The Kier molecular flexibility index (Phi) is 5.54. The molecule has 1 atom stereocenters. The van der Waals surface area contributed by atoms with Crippen LogP contribution in [-0.4, -0.2) is 39.0 Å². The number of nitrogens with one attached hydrogen (secondary N) is 2. The normalized spacial score (nSPS) is 12.9. The van der Waals surface area contributed by atoms with Gasteiger partial charge in [-0.25, -0.2) is 9.78 Å². The van der Waals surface area contributed by atoms with Gasteiger partial charge in [0.05, 0.1) is 12.7 Å². The highest BCUT2D eigenvalue weighted by Crippen LogP contribution is 2.27. The van der Waals surface area contributed by atoms with E-state index in [-0.39, 0.29) is 29.4 Å². The SMILES string of the molecule is CC(CN)CNc1ncc2[nH]c(=O)n(Cc3ccccc3OC(F)(F)F)c2n1. The maximum Gasteiger partial charge on any atom is 0.573 e. The van der Waals surface area contributed by atoms with E-state index in [1.54, 1.807) is 6.07 Å². The second kappa shape index (κ2) is 7.89. The zero-order chi connectivity index (χ0) is 20.3. The molecule has 150 valence electrons. The summed E-state index contributed by atoms with van der Waals surface area (Å²) in [7, 11) is 0. The molecule has 0 spiro atoms. The third-order valence-corrected chi connectivity index (χ3v) is 4.05. The van der Waals surface area contributed by atoms with Crippen LogP contribution in [-0.2, 0) is 6.54 Å². The van der Waals surface area contributed by atoms with Gasteiger partial charge in [-0.1, -0.05) is 25.1 Å². The molecule has 1 unspecified atom stereocenters. The minimum absolute atomic E-state index is 0.152. The number of nitrogens with zero attached hydrogens (tertiary/aromatic N) is 3. The van der Waals surface area contributed by atoms with Crippen LogP contribution in [0, 0.1) is 5.92 Å². The van der Waals surface area contributed by atoms with E-state index in [1.165, 1.54) is 29.0 Å². The lowest BCUT2D eigenvalue weighted by molar-refractivity contribution is -0.274. The second-order valence-electron chi connectivity index (χ2n) is 6.32. The van der Waals surface area contributed by atoms with Crippen LogP contribution in [0.4, 0.5) is 19.1 Å². The summed E-state index contributed by atoms with van der Waals surface area (Å²) in [4.78, 5) is 23.3. The van der Waals surface area contributed by atoms with Gasteiger partial charge in [0.15, 0.2) is 5.65 Å². The molecule has 0 aliphatic carbocycles. The van der Waals surface area contributed by atoms with Gasteiger partial charge in [0.2, 0.25) is 5.95 Å². The highest BCUT2D eigenvalue weighted by atomic mass is 19.4. The molecule has 3 aromatic rings. The fourth-order valence-electron chi connectivity index (χ4n) is 2.56. The zero-order valence-electron chi connectivity index (χ0n) is 15.0. The zero-order valence-corrected chi connectivity index (χ0v) is 15.0. The van der Waals surface area contributed by atoms with E-state index in [4.69, 9.17) is 5.73 Å². The van der Waals surface area contributed by atoms with E-state index in [2.05, 4.69) is 25.0 Å². The lowest BCUT2D eigenvalue weighted by atomic mass is 10.2. The van der Waals surface area contributed by atoms with Gasteiger partial charge in [0, 0.05) is 12.1 Å². The molecule has 0 amide bonds. The van der Waals surface area contributed by atoms with E-state index in [1.807, 2.05) is 6.92 Å². The number of aromatic amines is 1. The van der Waals surface area contributed by atoms with E-state index >= 15 is 0 Å². The molecule has 11 heteroatoms. The third-order valence-electron chi connectivity index (χ3n) is 4.05. The first kappa shape index (κ1) is 19.7. The minimum atomic E-state index is -4.83. The number of anilines is 1. The summed E-state index contributed by atoms with van der Waals surface area (Å²) in [5.41, 5.74) is 5.89. The molecule has 0 bridgehead atoms. The van der Waals surface area contributed by atoms with Crippen molar-refractivity contribution >= 4 is 17.1 Å². The molecule has 1 aromatic carbocycles. The highest BCUT2D eigenvalue weighted by Gasteiger charge is 2.32. The topological polar surface area (TPSA) is 111 Å². The van der Waals surface area contributed by atoms with Crippen LogP contribution in [0.15, 0.2) is 35.3 Å². The van der Waals surface area contributed by atoms with Crippen molar-refractivity contribution in [2.24, 2.45) is 11.7 Å². The van der Waals surface area contributed by atoms with Gasteiger partial charge in [-0.05, 0) is 18.5 Å². The Morgan fingerprint density at radius 1 is 1.36 bits per heavy atom. The van der Waals surface area contributed by atoms with Crippen molar-refractivity contribution in [1.82, 2.24) is 19.5 Å². The lowest BCUT2D eigenvalue weighted by Crippen LogP contribution is -2.22. The molecule has 0 saturated heterocycles. The summed E-state index contributed by atoms with van der Waals surface area (Å²) in [6.07, 6.45) is -3.39. The number of nitrogens with two attached hydrogens (primary N) is 1. The molecule has 0 fully saturated rings. The molecule has 0 saturated carbocycles. The number of hydrogen-bond donors (Lipinski definition) is 3. The number of rotatable bonds is 7. The van der Waals surface area contributed by atoms with Crippen LogP contribution in [0.3, 0.4) is 0 Å². The van der Waals surface area contributed by atoms with Gasteiger partial charge < -0.3 is 20.8 Å². The van der Waals surface area contributed by atoms with E-state index in [0.29, 0.717) is 24.6 Å². The summed E-state index contributed by atoms with van der Waals surface area (Å²) in [6, 6.07) is 5.63. The largest absolute Gasteiger partial charge is 0.573 e. The molecule has 0 radical (unpaired) electrons. The van der Waals surface area contributed by atoms with Crippen LogP contribution in [0.2, 0.25) is 0 Å². The number of benzene rings is 1. The molecule has 2 aromatic heterocycles. The predicted octanol–water partition coefficient (Wildman–Crippen LogP) is 2.07. The fraction of sp³-hybridized carbons (Fsp3) is 0.353. The van der Waals surface area contributed by atoms with Crippen LogP contribution < -0.4 is 21.5 Å². The average Bonchev–Trinajstić information content (AvgIpc) is 2.95. The van der Waals surface area contributed by atoms with Crippen molar-refractivity contribution in [2.75, 3.05) is 18.4 Å². The van der Waals surface area contributed by atoms with Crippen molar-refractivity contribution in [3.63, 3.8) is 0 Å². The molecular formula is C17H19F3N6O2. The number of H-pyrrole nitrogens is 1. The maximum atomic E-state index is 12.6. The molecule has 8 nitrogen and oxygen atoms in total. The Hall–Kier alpha value is -3.08. The average molecular weight is 396 g/mol. The van der Waals surface area contributed by atoms with Gasteiger partial charge in [0.25, 0.3) is 0 Å². The number of halogens is 3. The third kappa shape index (κ3) is 4.60. The Bertz CT molecular complexity index is 1010. The number of ether oxygens (including phenoxy) is 1. The second-order valence-corrected chi connectivity index (χ2v) is 6.32. The van der Waals surface area contributed by atoms with Gasteiger partial charge >= 0.3 is 12.1 Å². The lowest BCUT2D eigenvalue weighted by Gasteiger charge is -2.13. The van der Waals surface area contributed by atoms with E-state index in [0.717, 1.165) is 0 Å². The molecule has 0 aliphatic heterocycles. The van der Waals surface area contributed by atoms with Crippen molar-refractivity contribution < 1.29 is 17.9 Å². The van der Waals surface area contributed by atoms with Gasteiger partial charge in [-0.2, -0.15) is 4.98 Å². The molecule has 3 rings (SSSR count). The summed E-state index contributed by atoms with van der Waals surface area (Å²) < 4.78 is 43.2. The Labute approximate surface area is 157 Å². The molecule has 0 aliphatic rings. The number of fused-ring (bicyclic) bond motifs is 1. The number of alkyl halides is 3. The number of imidazole rings is 1. The summed E-state index contributed by atoms with van der Waals surface area (Å²) in [6.45, 7) is 2.83. The first-order chi connectivity index (χ1) is 13.3. The van der Waals surface area contributed by atoms with Crippen molar-refractivity contribution in [3.8, 4) is 5.75 Å². The predicted molar refractivity (Wildman–Crippen MR) is 97.1 cm³/mol. The van der Waals surface area contributed by atoms with Crippen LogP contribution in [0.25, 0.3) is 11.2 Å². The van der Waals surface area contributed by atoms with Gasteiger partial charge in [0.1, 0.15) is 11.3 Å². The molecule has 28 heavy (non-hydrogen) atoms. The van der Waals surface area contributed by atoms with Crippen molar-refractivity contribution in [3.05, 3.63) is 46.5 Å². The summed E-state index contributed by atoms with van der Waals surface area (Å²) >= 11 is 0. The fourth-order valence-corrected chi connectivity index (χ4v) is 2.56. The number of para-hydroxylation sites is 1. The van der Waals surface area contributed by atoms with Crippen molar-refractivity contribution in [1.29, 1.82) is 0 Å². The summed E-state index contributed by atoms with van der Waals surface area (Å²) in [5.74, 6) is 0.111. The molecule has 4 N–H and O–H groups in total. The van der Waals surface area contributed by atoms with Crippen molar-refractivity contribution in [2.45, 2.75) is 19.8 Å². The van der Waals surface area contributed by atoms with Crippen LogP contribution in [0.5, 0.6) is 5.75 Å².